The minimum absolute atomic E-state index is 0.0533. The SMILES string of the molecule is Cc1noc(C)c1S(=O)(=O)Nc1ccc2nc(Cc3ccc(Oc4ccccc4)cc3)[nH]c2c1.O=C(O)C(F)(F)F. The zero-order chi connectivity index (χ0) is 29.8. The van der Waals surface area contributed by atoms with Gasteiger partial charge >= 0.3 is 12.1 Å². The number of anilines is 1. The molecular weight excluding hydrogens is 565 g/mol. The number of halogens is 3. The summed E-state index contributed by atoms with van der Waals surface area (Å²) >= 11 is 0. The first-order valence-corrected chi connectivity index (χ1v) is 13.4. The van der Waals surface area contributed by atoms with Crippen LogP contribution in [0, 0.1) is 13.8 Å². The second kappa shape index (κ2) is 11.7. The number of benzene rings is 3. The van der Waals surface area contributed by atoms with Crippen LogP contribution in [0.15, 0.2) is 82.2 Å². The van der Waals surface area contributed by atoms with Gasteiger partial charge in [0.05, 0.1) is 16.7 Å². The van der Waals surface area contributed by atoms with E-state index < -0.39 is 22.2 Å². The predicted octanol–water partition coefficient (Wildman–Crippen LogP) is 5.98. The highest BCUT2D eigenvalue weighted by Crippen LogP contribution is 2.25. The molecule has 5 aromatic rings. The maximum Gasteiger partial charge on any atom is 0.490 e. The van der Waals surface area contributed by atoms with Crippen LogP contribution in [0.1, 0.15) is 22.8 Å². The molecule has 14 heteroatoms. The molecule has 0 amide bonds. The summed E-state index contributed by atoms with van der Waals surface area (Å²) in [5.41, 5.74) is 3.29. The number of fused-ring (bicyclic) bond motifs is 1. The lowest BCUT2D eigenvalue weighted by molar-refractivity contribution is -0.192. The Hall–Kier alpha value is -4.85. The lowest BCUT2D eigenvalue weighted by Crippen LogP contribution is -2.21. The number of aromatic nitrogens is 3. The molecule has 5 rings (SSSR count). The number of ether oxygens (including phenoxy) is 1. The van der Waals surface area contributed by atoms with Crippen LogP contribution in [0.25, 0.3) is 11.0 Å². The normalized spacial score (nSPS) is 11.5. The molecule has 0 bridgehead atoms. The molecule has 10 nitrogen and oxygen atoms in total. The molecule has 3 N–H and O–H groups in total. The van der Waals surface area contributed by atoms with Crippen LogP contribution < -0.4 is 9.46 Å². The number of nitrogens with one attached hydrogen (secondary N) is 2. The highest BCUT2D eigenvalue weighted by Gasteiger charge is 2.38. The van der Waals surface area contributed by atoms with Gasteiger partial charge < -0.3 is 19.4 Å². The van der Waals surface area contributed by atoms with E-state index in [-0.39, 0.29) is 10.7 Å². The monoisotopic (exact) mass is 588 g/mol. The molecule has 0 fully saturated rings. The van der Waals surface area contributed by atoms with Crippen LogP contribution in [0.2, 0.25) is 0 Å². The van der Waals surface area contributed by atoms with Crippen molar-refractivity contribution in [2.75, 3.05) is 4.72 Å². The van der Waals surface area contributed by atoms with Crippen LogP contribution in [0.3, 0.4) is 0 Å². The fraction of sp³-hybridized carbons (Fsp3) is 0.148. The number of carboxylic acid groups (broad SMARTS) is 1. The van der Waals surface area contributed by atoms with Gasteiger partial charge in [-0.15, -0.1) is 0 Å². The van der Waals surface area contributed by atoms with E-state index in [0.29, 0.717) is 17.8 Å². The number of imidazole rings is 1. The summed E-state index contributed by atoms with van der Waals surface area (Å²) in [7, 11) is -3.82. The molecule has 214 valence electrons. The molecular formula is C27H23F3N4O6S. The van der Waals surface area contributed by atoms with Crippen molar-refractivity contribution in [1.29, 1.82) is 0 Å². The summed E-state index contributed by atoms with van der Waals surface area (Å²) in [5, 5.41) is 10.9. The number of aliphatic carboxylic acids is 1. The van der Waals surface area contributed by atoms with Gasteiger partial charge in [-0.05, 0) is 61.9 Å². The fourth-order valence-corrected chi connectivity index (χ4v) is 5.15. The van der Waals surface area contributed by atoms with Gasteiger partial charge in [-0.3, -0.25) is 4.72 Å². The lowest BCUT2D eigenvalue weighted by Gasteiger charge is -2.07. The van der Waals surface area contributed by atoms with Crippen molar-refractivity contribution in [3.05, 3.63) is 95.6 Å². The van der Waals surface area contributed by atoms with Gasteiger partial charge in [0, 0.05) is 6.42 Å². The minimum atomic E-state index is -5.08. The summed E-state index contributed by atoms with van der Waals surface area (Å²) in [4.78, 5) is 16.8. The van der Waals surface area contributed by atoms with Gasteiger partial charge in [-0.25, -0.2) is 18.2 Å². The Morgan fingerprint density at radius 1 is 1.02 bits per heavy atom. The largest absolute Gasteiger partial charge is 0.490 e. The first-order chi connectivity index (χ1) is 19.3. The quantitative estimate of drug-likeness (QED) is 0.210. The van der Waals surface area contributed by atoms with E-state index in [0.717, 1.165) is 33.9 Å². The van der Waals surface area contributed by atoms with Gasteiger partial charge in [0.15, 0.2) is 10.7 Å². The number of hydrogen-bond donors (Lipinski definition) is 3. The smallest absolute Gasteiger partial charge is 0.475 e. The number of hydrogen-bond acceptors (Lipinski definition) is 7. The molecule has 2 heterocycles. The first kappa shape index (κ1) is 29.1. The van der Waals surface area contributed by atoms with Gasteiger partial charge in [-0.1, -0.05) is 35.5 Å². The third kappa shape index (κ3) is 7.42. The lowest BCUT2D eigenvalue weighted by atomic mass is 10.1. The number of aromatic amines is 1. The molecule has 0 aliphatic heterocycles. The van der Waals surface area contributed by atoms with E-state index in [2.05, 4.69) is 19.8 Å². The Morgan fingerprint density at radius 3 is 2.24 bits per heavy atom. The summed E-state index contributed by atoms with van der Waals surface area (Å²) in [6.07, 6.45) is -4.49. The van der Waals surface area contributed by atoms with Crippen molar-refractivity contribution in [3.8, 4) is 11.5 Å². The van der Waals surface area contributed by atoms with E-state index in [1.165, 1.54) is 0 Å². The van der Waals surface area contributed by atoms with E-state index >= 15 is 0 Å². The Morgan fingerprint density at radius 2 is 1.66 bits per heavy atom. The molecule has 0 atom stereocenters. The average molecular weight is 589 g/mol. The van der Waals surface area contributed by atoms with Crippen molar-refractivity contribution in [3.63, 3.8) is 0 Å². The van der Waals surface area contributed by atoms with Crippen LogP contribution in [-0.2, 0) is 21.2 Å². The molecule has 2 aromatic heterocycles. The molecule has 3 aromatic carbocycles. The van der Waals surface area contributed by atoms with E-state index in [1.807, 2.05) is 54.6 Å². The zero-order valence-corrected chi connectivity index (χ0v) is 22.4. The number of rotatable bonds is 7. The fourth-order valence-electron chi connectivity index (χ4n) is 3.77. The second-order valence-corrected chi connectivity index (χ2v) is 10.3. The standard InChI is InChI=1S/C25H22N4O4S.C2HF3O2/c1-16-25(17(2)33-28-16)34(30,31)29-19-10-13-22-23(15-19)27-24(26-22)14-18-8-11-21(12-9-18)32-20-6-4-3-5-7-20;3-2(4,5)1(6)7/h3-13,15,29H,14H2,1-2H3,(H,26,27);(H,6,7). The molecule has 0 saturated heterocycles. The highest BCUT2D eigenvalue weighted by molar-refractivity contribution is 7.92. The summed E-state index contributed by atoms with van der Waals surface area (Å²) < 4.78 is 70.7. The van der Waals surface area contributed by atoms with Crippen molar-refractivity contribution in [2.45, 2.75) is 31.3 Å². The van der Waals surface area contributed by atoms with E-state index in [1.54, 1.807) is 32.0 Å². The number of nitrogens with zero attached hydrogens (tertiary/aromatic N) is 2. The first-order valence-electron chi connectivity index (χ1n) is 11.9. The predicted molar refractivity (Wildman–Crippen MR) is 142 cm³/mol. The van der Waals surface area contributed by atoms with Crippen LogP contribution >= 0.6 is 0 Å². The van der Waals surface area contributed by atoms with Crippen LogP contribution in [-0.4, -0.2) is 40.8 Å². The van der Waals surface area contributed by atoms with Crippen LogP contribution in [0.4, 0.5) is 18.9 Å². The number of H-pyrrole nitrogens is 1. The number of aryl methyl sites for hydroxylation is 2. The summed E-state index contributed by atoms with van der Waals surface area (Å²) in [5.74, 6) is -0.192. The molecule has 0 spiro atoms. The second-order valence-electron chi connectivity index (χ2n) is 8.71. The number of carbonyl (C=O) groups is 1. The Labute approximate surface area is 231 Å². The molecule has 0 aliphatic carbocycles. The van der Waals surface area contributed by atoms with Gasteiger partial charge in [-0.2, -0.15) is 13.2 Å². The maximum atomic E-state index is 12.8. The van der Waals surface area contributed by atoms with E-state index in [4.69, 9.17) is 19.2 Å². The molecule has 0 radical (unpaired) electrons. The summed E-state index contributed by atoms with van der Waals surface area (Å²) in [6, 6.07) is 22.6. The third-order valence-corrected chi connectivity index (χ3v) is 7.16. The van der Waals surface area contributed by atoms with Crippen molar-refractivity contribution in [2.24, 2.45) is 0 Å². The van der Waals surface area contributed by atoms with Gasteiger partial charge in [0.1, 0.15) is 23.0 Å². The number of alkyl halides is 3. The molecule has 0 saturated carbocycles. The van der Waals surface area contributed by atoms with Crippen molar-refractivity contribution in [1.82, 2.24) is 15.1 Å². The van der Waals surface area contributed by atoms with Gasteiger partial charge in [0.2, 0.25) is 0 Å². The van der Waals surface area contributed by atoms with E-state index in [9.17, 15) is 21.6 Å². The zero-order valence-electron chi connectivity index (χ0n) is 21.6. The number of sulfonamides is 1. The van der Waals surface area contributed by atoms with Crippen molar-refractivity contribution >= 4 is 32.7 Å². The average Bonchev–Trinajstić information content (AvgIpc) is 3.46. The third-order valence-electron chi connectivity index (χ3n) is 5.54. The number of carboxylic acids is 1. The maximum absolute atomic E-state index is 12.8. The molecule has 0 aliphatic rings. The Kier molecular flexibility index (Phi) is 8.33. The minimum Gasteiger partial charge on any atom is -0.475 e. The van der Waals surface area contributed by atoms with Crippen molar-refractivity contribution < 1.29 is 40.8 Å². The molecule has 41 heavy (non-hydrogen) atoms. The van der Waals surface area contributed by atoms with Gasteiger partial charge in [0.25, 0.3) is 10.0 Å². The topological polar surface area (TPSA) is 147 Å². The van der Waals surface area contributed by atoms with Crippen LogP contribution in [0.5, 0.6) is 11.5 Å². The number of para-hydroxylation sites is 1. The Balaban J connectivity index is 0.000000493. The summed E-state index contributed by atoms with van der Waals surface area (Å²) in [6.45, 7) is 3.16. The highest BCUT2D eigenvalue weighted by atomic mass is 32.2. The molecule has 0 unspecified atom stereocenters. The Bertz CT molecular complexity index is 1750.